The fourth-order valence-corrected chi connectivity index (χ4v) is 2.87. The summed E-state index contributed by atoms with van der Waals surface area (Å²) in [7, 11) is 0. The lowest BCUT2D eigenvalue weighted by Gasteiger charge is -2.13. The van der Waals surface area contributed by atoms with Crippen molar-refractivity contribution in [2.75, 3.05) is 10.6 Å². The van der Waals surface area contributed by atoms with Crippen molar-refractivity contribution in [3.8, 4) is 0 Å². The van der Waals surface area contributed by atoms with Crippen molar-refractivity contribution in [3.63, 3.8) is 0 Å². The van der Waals surface area contributed by atoms with Crippen molar-refractivity contribution >= 4 is 34.8 Å². The molecule has 26 heavy (non-hydrogen) atoms. The molecule has 0 aromatic heterocycles. The Labute approximate surface area is 152 Å². The highest BCUT2D eigenvalue weighted by atomic mass is 35.5. The molecule has 1 heterocycles. The summed E-state index contributed by atoms with van der Waals surface area (Å²) >= 11 is 5.90. The summed E-state index contributed by atoms with van der Waals surface area (Å²) < 4.78 is 38.5. The molecule has 2 aromatic carbocycles. The molecule has 2 amide bonds. The average Bonchev–Trinajstić information content (AvgIpc) is 2.75. The van der Waals surface area contributed by atoms with E-state index < -0.39 is 17.6 Å². The van der Waals surface area contributed by atoms with Crippen LogP contribution in [0, 0.1) is 0 Å². The number of benzene rings is 2. The molecule has 4 nitrogen and oxygen atoms in total. The SMILES string of the molecule is O=C1CCCc2cc(C(=O)Nc3cc(C(F)(F)F)ccc3Cl)ccc2N1. The van der Waals surface area contributed by atoms with Crippen LogP contribution in [-0.4, -0.2) is 11.8 Å². The summed E-state index contributed by atoms with van der Waals surface area (Å²) in [6.45, 7) is 0. The van der Waals surface area contributed by atoms with Gasteiger partial charge in [0.25, 0.3) is 5.91 Å². The van der Waals surface area contributed by atoms with Gasteiger partial charge in [0, 0.05) is 17.7 Å². The molecule has 2 N–H and O–H groups in total. The van der Waals surface area contributed by atoms with Gasteiger partial charge in [-0.05, 0) is 54.8 Å². The number of rotatable bonds is 2. The predicted octanol–water partition coefficient (Wildman–Crippen LogP) is 4.89. The fraction of sp³-hybridized carbons (Fsp3) is 0.222. The molecule has 3 rings (SSSR count). The van der Waals surface area contributed by atoms with Crippen LogP contribution in [0.2, 0.25) is 5.02 Å². The van der Waals surface area contributed by atoms with Crippen LogP contribution in [0.3, 0.4) is 0 Å². The summed E-state index contributed by atoms with van der Waals surface area (Å²) in [5, 5.41) is 5.17. The first-order chi connectivity index (χ1) is 12.2. The van der Waals surface area contributed by atoms with Crippen LogP contribution in [0.1, 0.15) is 34.3 Å². The largest absolute Gasteiger partial charge is 0.416 e. The number of anilines is 2. The first-order valence-corrected chi connectivity index (χ1v) is 8.23. The number of alkyl halides is 3. The minimum atomic E-state index is -4.54. The first-order valence-electron chi connectivity index (χ1n) is 7.85. The second-order valence-electron chi connectivity index (χ2n) is 5.92. The van der Waals surface area contributed by atoms with Crippen LogP contribution in [0.4, 0.5) is 24.5 Å². The molecule has 0 bridgehead atoms. The molecule has 0 fully saturated rings. The number of hydrogen-bond acceptors (Lipinski definition) is 2. The van der Waals surface area contributed by atoms with Crippen molar-refractivity contribution in [3.05, 3.63) is 58.1 Å². The smallest absolute Gasteiger partial charge is 0.326 e. The lowest BCUT2D eigenvalue weighted by Crippen LogP contribution is -2.14. The van der Waals surface area contributed by atoms with E-state index >= 15 is 0 Å². The highest BCUT2D eigenvalue weighted by Gasteiger charge is 2.31. The number of hydrogen-bond donors (Lipinski definition) is 2. The van der Waals surface area contributed by atoms with Crippen LogP contribution < -0.4 is 10.6 Å². The normalized spacial score (nSPS) is 14.2. The van der Waals surface area contributed by atoms with Crippen LogP contribution >= 0.6 is 11.6 Å². The predicted molar refractivity (Wildman–Crippen MR) is 92.4 cm³/mol. The van der Waals surface area contributed by atoms with Gasteiger partial charge in [0.15, 0.2) is 0 Å². The Morgan fingerprint density at radius 3 is 2.62 bits per heavy atom. The Kier molecular flexibility index (Phi) is 4.91. The van der Waals surface area contributed by atoms with Crippen molar-refractivity contribution < 1.29 is 22.8 Å². The van der Waals surface area contributed by atoms with Gasteiger partial charge < -0.3 is 10.6 Å². The molecule has 2 aromatic rings. The Balaban J connectivity index is 1.85. The zero-order chi connectivity index (χ0) is 18.9. The van der Waals surface area contributed by atoms with E-state index in [1.54, 1.807) is 12.1 Å². The van der Waals surface area contributed by atoms with Gasteiger partial charge >= 0.3 is 6.18 Å². The van der Waals surface area contributed by atoms with Crippen LogP contribution in [0.5, 0.6) is 0 Å². The van der Waals surface area contributed by atoms with Crippen LogP contribution in [0.15, 0.2) is 36.4 Å². The molecular formula is C18H14ClF3N2O2. The molecule has 136 valence electrons. The maximum atomic E-state index is 12.8. The van der Waals surface area contributed by atoms with Crippen LogP contribution in [0.25, 0.3) is 0 Å². The molecule has 0 unspecified atom stereocenters. The average molecular weight is 383 g/mol. The third-order valence-corrected chi connectivity index (χ3v) is 4.36. The number of halogens is 4. The lowest BCUT2D eigenvalue weighted by molar-refractivity contribution is -0.137. The third-order valence-electron chi connectivity index (χ3n) is 4.03. The second kappa shape index (κ2) is 6.99. The van der Waals surface area contributed by atoms with E-state index in [-0.39, 0.29) is 22.2 Å². The molecule has 8 heteroatoms. The quantitative estimate of drug-likeness (QED) is 0.777. The minimum Gasteiger partial charge on any atom is -0.326 e. The van der Waals surface area contributed by atoms with Crippen molar-refractivity contribution in [1.29, 1.82) is 0 Å². The van der Waals surface area contributed by atoms with E-state index in [1.807, 2.05) is 0 Å². The van der Waals surface area contributed by atoms with E-state index in [4.69, 9.17) is 11.6 Å². The van der Waals surface area contributed by atoms with Gasteiger partial charge in [-0.2, -0.15) is 13.2 Å². The Morgan fingerprint density at radius 1 is 1.12 bits per heavy atom. The van der Waals surface area contributed by atoms with Crippen molar-refractivity contribution in [1.82, 2.24) is 0 Å². The third kappa shape index (κ3) is 3.99. The number of amides is 2. The second-order valence-corrected chi connectivity index (χ2v) is 6.33. The van der Waals surface area contributed by atoms with Gasteiger partial charge in [-0.25, -0.2) is 0 Å². The lowest BCUT2D eigenvalue weighted by atomic mass is 10.0. The summed E-state index contributed by atoms with van der Waals surface area (Å²) in [4.78, 5) is 24.0. The summed E-state index contributed by atoms with van der Waals surface area (Å²) in [5.41, 5.74) is 0.699. The molecule has 1 aliphatic rings. The van der Waals surface area contributed by atoms with E-state index in [1.165, 1.54) is 6.07 Å². The molecule has 0 radical (unpaired) electrons. The molecule has 0 saturated carbocycles. The minimum absolute atomic E-state index is 0.00775. The van der Waals surface area contributed by atoms with Gasteiger partial charge in [-0.15, -0.1) is 0 Å². The Bertz CT molecular complexity index is 881. The topological polar surface area (TPSA) is 58.2 Å². The van der Waals surface area contributed by atoms with Gasteiger partial charge in [0.2, 0.25) is 5.91 Å². The van der Waals surface area contributed by atoms with Gasteiger partial charge in [-0.3, -0.25) is 9.59 Å². The van der Waals surface area contributed by atoms with Gasteiger partial charge in [-0.1, -0.05) is 11.6 Å². The number of carbonyl (C=O) groups is 2. The van der Waals surface area contributed by atoms with Gasteiger partial charge in [0.1, 0.15) is 0 Å². The molecule has 0 aliphatic carbocycles. The summed E-state index contributed by atoms with van der Waals surface area (Å²) in [5.74, 6) is -0.665. The van der Waals surface area contributed by atoms with Crippen molar-refractivity contribution in [2.45, 2.75) is 25.4 Å². The summed E-state index contributed by atoms with van der Waals surface area (Å²) in [6, 6.07) is 7.47. The van der Waals surface area contributed by atoms with E-state index in [9.17, 15) is 22.8 Å². The summed E-state index contributed by atoms with van der Waals surface area (Å²) in [6.07, 6.45) is -2.86. The van der Waals surface area contributed by atoms with E-state index in [0.717, 1.165) is 23.8 Å². The van der Waals surface area contributed by atoms with E-state index in [0.29, 0.717) is 24.9 Å². The zero-order valence-electron chi connectivity index (χ0n) is 13.4. The van der Waals surface area contributed by atoms with E-state index in [2.05, 4.69) is 10.6 Å². The Morgan fingerprint density at radius 2 is 1.88 bits per heavy atom. The van der Waals surface area contributed by atoms with Gasteiger partial charge in [0.05, 0.1) is 16.3 Å². The van der Waals surface area contributed by atoms with Crippen molar-refractivity contribution in [2.24, 2.45) is 0 Å². The number of carbonyl (C=O) groups excluding carboxylic acids is 2. The number of nitrogens with one attached hydrogen (secondary N) is 2. The first kappa shape index (κ1) is 18.3. The number of fused-ring (bicyclic) bond motifs is 1. The highest BCUT2D eigenvalue weighted by molar-refractivity contribution is 6.34. The molecule has 0 spiro atoms. The maximum Gasteiger partial charge on any atom is 0.416 e. The Hall–Kier alpha value is -2.54. The standard InChI is InChI=1S/C18H14ClF3N2O2/c19-13-6-5-12(18(20,21)22)9-15(13)24-17(26)11-4-7-14-10(8-11)2-1-3-16(25)23-14/h4-9H,1-3H2,(H,23,25)(H,24,26). The number of aryl methyl sites for hydroxylation is 1. The molecule has 0 atom stereocenters. The highest BCUT2D eigenvalue weighted by Crippen LogP contribution is 2.34. The maximum absolute atomic E-state index is 12.8. The monoisotopic (exact) mass is 382 g/mol. The molecular weight excluding hydrogens is 369 g/mol. The van der Waals surface area contributed by atoms with Crippen LogP contribution in [-0.2, 0) is 17.4 Å². The fourth-order valence-electron chi connectivity index (χ4n) is 2.71. The zero-order valence-corrected chi connectivity index (χ0v) is 14.2. The molecule has 1 aliphatic heterocycles. The molecule has 0 saturated heterocycles.